The van der Waals surface area contributed by atoms with Crippen molar-refractivity contribution in [3.05, 3.63) is 26.6 Å². The van der Waals surface area contributed by atoms with Crippen LogP contribution in [-0.2, 0) is 5.41 Å². The monoisotopic (exact) mass is 345 g/mol. The molecule has 2 heterocycles. The molecule has 0 saturated heterocycles. The van der Waals surface area contributed by atoms with Gasteiger partial charge in [-0.3, -0.25) is 0 Å². The van der Waals surface area contributed by atoms with Crippen molar-refractivity contribution in [1.82, 2.24) is 4.98 Å². The summed E-state index contributed by atoms with van der Waals surface area (Å²) < 4.78 is 0.963. The van der Waals surface area contributed by atoms with Crippen LogP contribution in [0.2, 0.25) is 0 Å². The van der Waals surface area contributed by atoms with Crippen LogP contribution in [0.1, 0.15) is 36.3 Å². The highest BCUT2D eigenvalue weighted by molar-refractivity contribution is 9.10. The highest BCUT2D eigenvalue weighted by Gasteiger charge is 2.25. The summed E-state index contributed by atoms with van der Waals surface area (Å²) in [5, 5.41) is 12.0. The normalized spacial score (nSPS) is 11.8. The molecule has 0 aromatic carbocycles. The van der Waals surface area contributed by atoms with Crippen molar-refractivity contribution < 1.29 is 9.90 Å². The van der Waals surface area contributed by atoms with Crippen molar-refractivity contribution in [2.75, 3.05) is 0 Å². The number of aromatic carboxylic acids is 1. The molecule has 1 N–H and O–H groups in total. The zero-order valence-corrected chi connectivity index (χ0v) is 13.4. The molecule has 6 heteroatoms. The van der Waals surface area contributed by atoms with E-state index in [0.29, 0.717) is 0 Å². The molecule has 0 aliphatic carbocycles. The van der Waals surface area contributed by atoms with E-state index in [1.165, 1.54) is 22.7 Å². The molecule has 0 aliphatic rings. The SMILES string of the molecule is CC(C)(C)c1nc(C(=O)O)c(-c2cc(Br)cs2)s1. The number of halogens is 1. The fourth-order valence-corrected chi connectivity index (χ4v) is 4.05. The van der Waals surface area contributed by atoms with Gasteiger partial charge in [-0.1, -0.05) is 20.8 Å². The number of carboxylic acid groups (broad SMARTS) is 1. The van der Waals surface area contributed by atoms with Gasteiger partial charge in [-0.25, -0.2) is 9.78 Å². The van der Waals surface area contributed by atoms with E-state index in [4.69, 9.17) is 0 Å². The Morgan fingerprint density at radius 1 is 1.44 bits per heavy atom. The van der Waals surface area contributed by atoms with Crippen molar-refractivity contribution in [2.45, 2.75) is 26.2 Å². The van der Waals surface area contributed by atoms with Gasteiger partial charge < -0.3 is 5.11 Å². The van der Waals surface area contributed by atoms with Gasteiger partial charge in [0.05, 0.1) is 9.88 Å². The molecule has 0 aliphatic heterocycles. The minimum atomic E-state index is -0.971. The molecule has 0 spiro atoms. The number of carbonyl (C=O) groups is 1. The lowest BCUT2D eigenvalue weighted by Gasteiger charge is -2.13. The lowest BCUT2D eigenvalue weighted by molar-refractivity contribution is 0.0692. The quantitative estimate of drug-likeness (QED) is 0.863. The van der Waals surface area contributed by atoms with Crippen LogP contribution in [0.25, 0.3) is 9.75 Å². The van der Waals surface area contributed by atoms with Crippen LogP contribution in [-0.4, -0.2) is 16.1 Å². The molecule has 2 rings (SSSR count). The molecular formula is C12H12BrNO2S2. The van der Waals surface area contributed by atoms with Gasteiger partial charge in [0.1, 0.15) is 0 Å². The summed E-state index contributed by atoms with van der Waals surface area (Å²) in [7, 11) is 0. The molecule has 18 heavy (non-hydrogen) atoms. The van der Waals surface area contributed by atoms with Crippen LogP contribution in [0, 0.1) is 0 Å². The van der Waals surface area contributed by atoms with Crippen LogP contribution < -0.4 is 0 Å². The highest BCUT2D eigenvalue weighted by Crippen LogP contribution is 2.39. The average molecular weight is 346 g/mol. The summed E-state index contributed by atoms with van der Waals surface area (Å²) in [6.45, 7) is 6.10. The Bertz CT molecular complexity index is 595. The number of carboxylic acids is 1. The topological polar surface area (TPSA) is 50.2 Å². The lowest BCUT2D eigenvalue weighted by atomic mass is 9.98. The van der Waals surface area contributed by atoms with Crippen LogP contribution in [0.3, 0.4) is 0 Å². The maximum atomic E-state index is 11.3. The summed E-state index contributed by atoms with van der Waals surface area (Å²) >= 11 is 6.36. The molecule has 2 aromatic rings. The third kappa shape index (κ3) is 2.65. The van der Waals surface area contributed by atoms with E-state index in [-0.39, 0.29) is 11.1 Å². The van der Waals surface area contributed by atoms with Crippen LogP contribution in [0.4, 0.5) is 0 Å². The maximum absolute atomic E-state index is 11.3. The Kier molecular flexibility index (Phi) is 3.62. The minimum absolute atomic E-state index is 0.137. The van der Waals surface area contributed by atoms with Gasteiger partial charge in [-0.15, -0.1) is 22.7 Å². The van der Waals surface area contributed by atoms with Gasteiger partial charge in [0.2, 0.25) is 0 Å². The molecule has 3 nitrogen and oxygen atoms in total. The lowest BCUT2D eigenvalue weighted by Crippen LogP contribution is -2.11. The molecule has 0 atom stereocenters. The van der Waals surface area contributed by atoms with E-state index in [1.807, 2.05) is 32.2 Å². The number of hydrogen-bond donors (Lipinski definition) is 1. The first kappa shape index (κ1) is 13.7. The first-order chi connectivity index (χ1) is 8.29. The highest BCUT2D eigenvalue weighted by atomic mass is 79.9. The summed E-state index contributed by atoms with van der Waals surface area (Å²) in [5.41, 5.74) is 0.0148. The van der Waals surface area contributed by atoms with E-state index in [2.05, 4.69) is 20.9 Å². The molecule has 0 unspecified atom stereocenters. The Morgan fingerprint density at radius 3 is 2.56 bits per heavy atom. The molecule has 96 valence electrons. The van der Waals surface area contributed by atoms with Crippen molar-refractivity contribution in [3.63, 3.8) is 0 Å². The van der Waals surface area contributed by atoms with Crippen molar-refractivity contribution >= 4 is 44.6 Å². The van der Waals surface area contributed by atoms with Crippen LogP contribution >= 0.6 is 38.6 Å². The fourth-order valence-electron chi connectivity index (χ4n) is 1.39. The Morgan fingerprint density at radius 2 is 2.11 bits per heavy atom. The number of thiazole rings is 1. The second-order valence-corrected chi connectivity index (χ2v) is 7.71. The Balaban J connectivity index is 2.59. The molecule has 0 saturated carbocycles. The smallest absolute Gasteiger partial charge is 0.356 e. The minimum Gasteiger partial charge on any atom is -0.476 e. The van der Waals surface area contributed by atoms with E-state index < -0.39 is 5.97 Å². The second kappa shape index (κ2) is 4.75. The Labute approximate surface area is 122 Å². The third-order valence-electron chi connectivity index (χ3n) is 2.26. The zero-order valence-electron chi connectivity index (χ0n) is 10.2. The van der Waals surface area contributed by atoms with E-state index in [9.17, 15) is 9.90 Å². The van der Waals surface area contributed by atoms with E-state index in [0.717, 1.165) is 19.2 Å². The summed E-state index contributed by atoms with van der Waals surface area (Å²) in [5.74, 6) is -0.971. The predicted octanol–water partition coefficient (Wildman–Crippen LogP) is 4.63. The van der Waals surface area contributed by atoms with Gasteiger partial charge in [-0.05, 0) is 22.0 Å². The molecular weight excluding hydrogens is 334 g/mol. The first-order valence-corrected chi connectivity index (χ1v) is 7.77. The number of thiophene rings is 1. The van der Waals surface area contributed by atoms with Gasteiger partial charge >= 0.3 is 5.97 Å². The molecule has 0 fully saturated rings. The first-order valence-electron chi connectivity index (χ1n) is 5.28. The van der Waals surface area contributed by atoms with Gasteiger partial charge in [0, 0.05) is 20.1 Å². The average Bonchev–Trinajstić information content (AvgIpc) is 2.81. The van der Waals surface area contributed by atoms with Crippen molar-refractivity contribution in [3.8, 4) is 9.75 Å². The third-order valence-corrected chi connectivity index (χ3v) is 5.61. The maximum Gasteiger partial charge on any atom is 0.356 e. The number of hydrogen-bond acceptors (Lipinski definition) is 4. The van der Waals surface area contributed by atoms with Crippen molar-refractivity contribution in [2.24, 2.45) is 0 Å². The van der Waals surface area contributed by atoms with Crippen LogP contribution in [0.15, 0.2) is 15.9 Å². The summed E-state index contributed by atoms with van der Waals surface area (Å²) in [6, 6.07) is 1.93. The largest absolute Gasteiger partial charge is 0.476 e. The van der Waals surface area contributed by atoms with Crippen molar-refractivity contribution in [1.29, 1.82) is 0 Å². The fraction of sp³-hybridized carbons (Fsp3) is 0.333. The second-order valence-electron chi connectivity index (χ2n) is 4.88. The molecule has 2 aromatic heterocycles. The zero-order chi connectivity index (χ0) is 13.5. The number of nitrogens with zero attached hydrogens (tertiary/aromatic N) is 1. The van der Waals surface area contributed by atoms with Gasteiger partial charge in [0.25, 0.3) is 0 Å². The molecule has 0 radical (unpaired) electrons. The number of rotatable bonds is 2. The summed E-state index contributed by atoms with van der Waals surface area (Å²) in [6.07, 6.45) is 0. The number of aromatic nitrogens is 1. The van der Waals surface area contributed by atoms with Gasteiger partial charge in [0.15, 0.2) is 5.69 Å². The van der Waals surface area contributed by atoms with E-state index in [1.54, 1.807) is 0 Å². The van der Waals surface area contributed by atoms with Gasteiger partial charge in [-0.2, -0.15) is 0 Å². The molecule has 0 bridgehead atoms. The predicted molar refractivity (Wildman–Crippen MR) is 78.8 cm³/mol. The van der Waals surface area contributed by atoms with Crippen LogP contribution in [0.5, 0.6) is 0 Å². The van der Waals surface area contributed by atoms with E-state index >= 15 is 0 Å². The molecule has 0 amide bonds. The Hall–Kier alpha value is -0.720. The summed E-state index contributed by atoms with van der Waals surface area (Å²) in [4.78, 5) is 17.2. The standard InChI is InChI=1S/C12H12BrNO2S2/c1-12(2,3)11-14-8(10(15)16)9(18-11)7-4-6(13)5-17-7/h4-5H,1-3H3,(H,15,16).